The second-order valence-corrected chi connectivity index (χ2v) is 4.82. The Morgan fingerprint density at radius 3 is 2.58 bits per heavy atom. The SMILES string of the molecule is C=C(C)CC(C)CCC1CC1C. The van der Waals surface area contributed by atoms with Gasteiger partial charge in [-0.05, 0) is 43.9 Å². The Balaban J connectivity index is 2.02. The van der Waals surface area contributed by atoms with Crippen molar-refractivity contribution in [3.05, 3.63) is 12.2 Å². The molecule has 0 radical (unpaired) electrons. The molecule has 3 atom stereocenters. The summed E-state index contributed by atoms with van der Waals surface area (Å²) in [5, 5.41) is 0. The van der Waals surface area contributed by atoms with Crippen LogP contribution in [0.25, 0.3) is 0 Å². The second-order valence-electron chi connectivity index (χ2n) is 4.82. The average molecular weight is 166 g/mol. The molecule has 0 aliphatic heterocycles. The van der Waals surface area contributed by atoms with E-state index in [9.17, 15) is 0 Å². The molecule has 0 heterocycles. The van der Waals surface area contributed by atoms with Crippen molar-refractivity contribution in [2.75, 3.05) is 0 Å². The molecular weight excluding hydrogens is 144 g/mol. The third kappa shape index (κ3) is 3.42. The van der Waals surface area contributed by atoms with Crippen molar-refractivity contribution in [3.63, 3.8) is 0 Å². The number of allylic oxidation sites excluding steroid dienone is 1. The van der Waals surface area contributed by atoms with E-state index in [0.717, 1.165) is 17.8 Å². The highest BCUT2D eigenvalue weighted by molar-refractivity contribution is 4.90. The highest BCUT2D eigenvalue weighted by atomic mass is 14.4. The molecule has 1 fully saturated rings. The van der Waals surface area contributed by atoms with E-state index in [-0.39, 0.29) is 0 Å². The van der Waals surface area contributed by atoms with E-state index in [0.29, 0.717) is 0 Å². The summed E-state index contributed by atoms with van der Waals surface area (Å²) in [5.41, 5.74) is 1.34. The van der Waals surface area contributed by atoms with E-state index in [1.165, 1.54) is 31.3 Å². The Hall–Kier alpha value is -0.260. The van der Waals surface area contributed by atoms with Crippen LogP contribution in [0.5, 0.6) is 0 Å². The van der Waals surface area contributed by atoms with Crippen molar-refractivity contribution in [2.45, 2.75) is 46.5 Å². The van der Waals surface area contributed by atoms with Crippen LogP contribution >= 0.6 is 0 Å². The third-order valence-electron chi connectivity index (χ3n) is 3.00. The molecule has 0 saturated heterocycles. The summed E-state index contributed by atoms with van der Waals surface area (Å²) < 4.78 is 0. The summed E-state index contributed by atoms with van der Waals surface area (Å²) in [4.78, 5) is 0. The first-order chi connectivity index (χ1) is 5.59. The normalized spacial score (nSPS) is 29.9. The van der Waals surface area contributed by atoms with Gasteiger partial charge in [-0.3, -0.25) is 0 Å². The van der Waals surface area contributed by atoms with Crippen molar-refractivity contribution in [3.8, 4) is 0 Å². The average Bonchev–Trinajstić information content (AvgIpc) is 2.61. The van der Waals surface area contributed by atoms with Crippen molar-refractivity contribution in [1.29, 1.82) is 0 Å². The lowest BCUT2D eigenvalue weighted by Gasteiger charge is -2.10. The van der Waals surface area contributed by atoms with Crippen LogP contribution in [0.1, 0.15) is 46.5 Å². The van der Waals surface area contributed by atoms with E-state index in [1.807, 2.05) is 0 Å². The zero-order valence-corrected chi connectivity index (χ0v) is 8.77. The predicted molar refractivity (Wildman–Crippen MR) is 55.1 cm³/mol. The molecule has 0 aromatic rings. The van der Waals surface area contributed by atoms with Gasteiger partial charge < -0.3 is 0 Å². The first-order valence-corrected chi connectivity index (χ1v) is 5.24. The minimum atomic E-state index is 0.857. The fraction of sp³-hybridized carbons (Fsp3) is 0.833. The fourth-order valence-corrected chi connectivity index (χ4v) is 2.00. The lowest BCUT2D eigenvalue weighted by molar-refractivity contribution is 0.477. The van der Waals surface area contributed by atoms with Gasteiger partial charge in [0.1, 0.15) is 0 Å². The Bertz CT molecular complexity index is 157. The molecule has 0 nitrogen and oxygen atoms in total. The number of rotatable bonds is 5. The predicted octanol–water partition coefficient (Wildman–Crippen LogP) is 4.02. The maximum atomic E-state index is 3.95. The molecule has 0 N–H and O–H groups in total. The first-order valence-electron chi connectivity index (χ1n) is 5.24. The summed E-state index contributed by atoms with van der Waals surface area (Å²) in [6.45, 7) is 10.8. The monoisotopic (exact) mass is 166 g/mol. The van der Waals surface area contributed by atoms with Crippen LogP contribution < -0.4 is 0 Å². The van der Waals surface area contributed by atoms with Crippen molar-refractivity contribution >= 4 is 0 Å². The van der Waals surface area contributed by atoms with Crippen LogP contribution in [0.15, 0.2) is 12.2 Å². The molecule has 0 amide bonds. The summed E-state index contributed by atoms with van der Waals surface area (Å²) in [6.07, 6.45) is 5.57. The molecule has 0 aromatic carbocycles. The Morgan fingerprint density at radius 2 is 2.17 bits per heavy atom. The Morgan fingerprint density at radius 1 is 1.58 bits per heavy atom. The zero-order valence-electron chi connectivity index (χ0n) is 8.77. The molecule has 0 bridgehead atoms. The standard InChI is InChI=1S/C12H22/c1-9(2)7-10(3)5-6-12-8-11(12)4/h10-12H,1,5-8H2,2-4H3. The Labute approximate surface area is 77.1 Å². The van der Waals surface area contributed by atoms with E-state index < -0.39 is 0 Å². The van der Waals surface area contributed by atoms with Crippen LogP contribution in [-0.2, 0) is 0 Å². The van der Waals surface area contributed by atoms with Crippen LogP contribution in [0, 0.1) is 17.8 Å². The van der Waals surface area contributed by atoms with Gasteiger partial charge in [0.2, 0.25) is 0 Å². The summed E-state index contributed by atoms with van der Waals surface area (Å²) in [5.74, 6) is 2.95. The molecule has 0 spiro atoms. The van der Waals surface area contributed by atoms with Gasteiger partial charge in [-0.2, -0.15) is 0 Å². The highest BCUT2D eigenvalue weighted by Crippen LogP contribution is 2.42. The van der Waals surface area contributed by atoms with Gasteiger partial charge in [0.05, 0.1) is 0 Å². The van der Waals surface area contributed by atoms with Crippen molar-refractivity contribution < 1.29 is 0 Å². The lowest BCUT2D eigenvalue weighted by atomic mass is 9.96. The van der Waals surface area contributed by atoms with Crippen molar-refractivity contribution in [1.82, 2.24) is 0 Å². The maximum absolute atomic E-state index is 3.95. The van der Waals surface area contributed by atoms with Gasteiger partial charge >= 0.3 is 0 Å². The molecule has 0 heteroatoms. The third-order valence-corrected chi connectivity index (χ3v) is 3.00. The van der Waals surface area contributed by atoms with E-state index in [4.69, 9.17) is 0 Å². The van der Waals surface area contributed by atoms with Crippen molar-refractivity contribution in [2.24, 2.45) is 17.8 Å². The van der Waals surface area contributed by atoms with Gasteiger partial charge in [-0.1, -0.05) is 25.8 Å². The van der Waals surface area contributed by atoms with E-state index >= 15 is 0 Å². The maximum Gasteiger partial charge on any atom is -0.0300 e. The van der Waals surface area contributed by atoms with E-state index in [2.05, 4.69) is 27.4 Å². The number of hydrogen-bond acceptors (Lipinski definition) is 0. The van der Waals surface area contributed by atoms with Gasteiger partial charge in [-0.25, -0.2) is 0 Å². The van der Waals surface area contributed by atoms with E-state index in [1.54, 1.807) is 0 Å². The summed E-state index contributed by atoms with van der Waals surface area (Å²) in [7, 11) is 0. The minimum Gasteiger partial charge on any atom is -0.100 e. The smallest absolute Gasteiger partial charge is 0.0300 e. The van der Waals surface area contributed by atoms with Crippen LogP contribution in [-0.4, -0.2) is 0 Å². The lowest BCUT2D eigenvalue weighted by Crippen LogP contribution is -1.96. The van der Waals surface area contributed by atoms with Crippen LogP contribution in [0.2, 0.25) is 0 Å². The largest absolute Gasteiger partial charge is 0.100 e. The second kappa shape index (κ2) is 4.11. The Kier molecular flexibility index (Phi) is 3.37. The number of hydrogen-bond donors (Lipinski definition) is 0. The first kappa shape index (κ1) is 9.83. The summed E-state index contributed by atoms with van der Waals surface area (Å²) >= 11 is 0. The van der Waals surface area contributed by atoms with Gasteiger partial charge in [0.15, 0.2) is 0 Å². The van der Waals surface area contributed by atoms with Crippen LogP contribution in [0.3, 0.4) is 0 Å². The highest BCUT2D eigenvalue weighted by Gasteiger charge is 2.31. The minimum absolute atomic E-state index is 0.857. The molecule has 12 heavy (non-hydrogen) atoms. The molecule has 1 aliphatic rings. The zero-order chi connectivity index (χ0) is 9.14. The molecule has 1 rings (SSSR count). The molecule has 70 valence electrons. The quantitative estimate of drug-likeness (QED) is 0.541. The molecule has 1 aliphatic carbocycles. The molecular formula is C12H22. The molecule has 1 saturated carbocycles. The van der Waals surface area contributed by atoms with Gasteiger partial charge in [0.25, 0.3) is 0 Å². The van der Waals surface area contributed by atoms with Gasteiger partial charge in [-0.15, -0.1) is 6.58 Å². The van der Waals surface area contributed by atoms with Gasteiger partial charge in [0, 0.05) is 0 Å². The molecule has 3 unspecified atom stereocenters. The molecule has 0 aromatic heterocycles. The fourth-order valence-electron chi connectivity index (χ4n) is 2.00. The topological polar surface area (TPSA) is 0 Å². The van der Waals surface area contributed by atoms with Crippen LogP contribution in [0.4, 0.5) is 0 Å². The summed E-state index contributed by atoms with van der Waals surface area (Å²) in [6, 6.07) is 0.